The van der Waals surface area contributed by atoms with Crippen LogP contribution in [-0.2, 0) is 0 Å². The Morgan fingerprint density at radius 1 is 1.33 bits per heavy atom. The number of hydrogen-bond donors (Lipinski definition) is 1. The molecule has 0 saturated heterocycles. The van der Waals surface area contributed by atoms with Gasteiger partial charge in [-0.3, -0.25) is 10.1 Å². The predicted molar refractivity (Wildman–Crippen MR) is 82.1 cm³/mol. The number of aryl methyl sites for hydroxylation is 1. The maximum absolute atomic E-state index is 11.4. The van der Waals surface area contributed by atoms with Crippen LogP contribution in [0.2, 0.25) is 0 Å². The van der Waals surface area contributed by atoms with Crippen LogP contribution in [0, 0.1) is 17.0 Å². The standard InChI is InChI=1S/C14H17N5O2/c1-4-18(11-8-6-5-7-10(11)2)14-12(19(20)21)13(15-3)16-9-17-14/h5-9H,4H2,1-3H3,(H,15,16,17). The van der Waals surface area contributed by atoms with Crippen molar-refractivity contribution in [3.05, 3.63) is 46.3 Å². The number of hydrogen-bond acceptors (Lipinski definition) is 6. The number of benzene rings is 1. The van der Waals surface area contributed by atoms with Gasteiger partial charge in [-0.15, -0.1) is 0 Å². The second kappa shape index (κ2) is 6.17. The Bertz CT molecular complexity index is 660. The summed E-state index contributed by atoms with van der Waals surface area (Å²) < 4.78 is 0. The van der Waals surface area contributed by atoms with Crippen LogP contribution in [0.4, 0.5) is 23.0 Å². The van der Waals surface area contributed by atoms with Gasteiger partial charge in [0.15, 0.2) is 0 Å². The Morgan fingerprint density at radius 3 is 2.62 bits per heavy atom. The molecule has 0 aliphatic rings. The van der Waals surface area contributed by atoms with E-state index in [1.807, 2.05) is 43.0 Å². The zero-order valence-electron chi connectivity index (χ0n) is 12.2. The minimum absolute atomic E-state index is 0.120. The fourth-order valence-electron chi connectivity index (χ4n) is 2.22. The average molecular weight is 287 g/mol. The highest BCUT2D eigenvalue weighted by atomic mass is 16.6. The maximum Gasteiger partial charge on any atom is 0.353 e. The third kappa shape index (κ3) is 2.76. The second-order valence-electron chi connectivity index (χ2n) is 4.43. The van der Waals surface area contributed by atoms with Crippen LogP contribution in [0.3, 0.4) is 0 Å². The molecule has 7 nitrogen and oxygen atoms in total. The summed E-state index contributed by atoms with van der Waals surface area (Å²) in [4.78, 5) is 20.8. The highest BCUT2D eigenvalue weighted by molar-refractivity contribution is 5.76. The van der Waals surface area contributed by atoms with Gasteiger partial charge in [0.1, 0.15) is 6.33 Å². The first-order valence-electron chi connectivity index (χ1n) is 6.60. The first-order chi connectivity index (χ1) is 10.1. The van der Waals surface area contributed by atoms with Gasteiger partial charge in [-0.05, 0) is 25.5 Å². The van der Waals surface area contributed by atoms with Crippen LogP contribution in [0.25, 0.3) is 0 Å². The van der Waals surface area contributed by atoms with Crippen molar-refractivity contribution in [1.29, 1.82) is 0 Å². The van der Waals surface area contributed by atoms with E-state index in [0.717, 1.165) is 11.3 Å². The number of nitrogens with one attached hydrogen (secondary N) is 1. The first kappa shape index (κ1) is 14.7. The Balaban J connectivity index is 2.63. The van der Waals surface area contributed by atoms with Crippen LogP contribution in [0.5, 0.6) is 0 Å². The number of aromatic nitrogens is 2. The zero-order valence-corrected chi connectivity index (χ0v) is 12.2. The lowest BCUT2D eigenvalue weighted by molar-refractivity contribution is -0.383. The molecule has 1 N–H and O–H groups in total. The molecule has 0 fully saturated rings. The van der Waals surface area contributed by atoms with E-state index in [0.29, 0.717) is 6.54 Å². The van der Waals surface area contributed by atoms with E-state index in [1.54, 1.807) is 7.05 Å². The molecule has 0 aliphatic carbocycles. The lowest BCUT2D eigenvalue weighted by Crippen LogP contribution is -2.20. The van der Waals surface area contributed by atoms with Crippen molar-refractivity contribution in [2.45, 2.75) is 13.8 Å². The van der Waals surface area contributed by atoms with Gasteiger partial charge in [0, 0.05) is 19.3 Å². The summed E-state index contributed by atoms with van der Waals surface area (Å²) in [7, 11) is 1.60. The number of rotatable bonds is 5. The molecule has 2 aromatic rings. The maximum atomic E-state index is 11.4. The van der Waals surface area contributed by atoms with E-state index >= 15 is 0 Å². The van der Waals surface area contributed by atoms with Crippen molar-refractivity contribution >= 4 is 23.0 Å². The van der Waals surface area contributed by atoms with Gasteiger partial charge in [-0.1, -0.05) is 18.2 Å². The molecule has 1 aromatic carbocycles. The topological polar surface area (TPSA) is 84.2 Å². The summed E-state index contributed by atoms with van der Waals surface area (Å²) in [5, 5.41) is 14.1. The number of anilines is 3. The zero-order chi connectivity index (χ0) is 15.4. The molecule has 1 heterocycles. The van der Waals surface area contributed by atoms with Crippen molar-refractivity contribution in [3.8, 4) is 0 Å². The highest BCUT2D eigenvalue weighted by Gasteiger charge is 2.27. The van der Waals surface area contributed by atoms with Crippen molar-refractivity contribution in [3.63, 3.8) is 0 Å². The Kier molecular flexibility index (Phi) is 4.32. The molecule has 2 rings (SSSR count). The molecule has 0 unspecified atom stereocenters. The number of nitro groups is 1. The fraction of sp³-hybridized carbons (Fsp3) is 0.286. The molecular weight excluding hydrogens is 270 g/mol. The Hall–Kier alpha value is -2.70. The minimum Gasteiger partial charge on any atom is -0.367 e. The molecule has 110 valence electrons. The van der Waals surface area contributed by atoms with Crippen molar-refractivity contribution in [2.24, 2.45) is 0 Å². The molecule has 7 heteroatoms. The average Bonchev–Trinajstić information content (AvgIpc) is 2.49. The Labute approximate surface area is 122 Å². The molecule has 0 radical (unpaired) electrons. The Morgan fingerprint density at radius 2 is 2.05 bits per heavy atom. The van der Waals surface area contributed by atoms with E-state index in [9.17, 15) is 10.1 Å². The van der Waals surface area contributed by atoms with Crippen LogP contribution in [-0.4, -0.2) is 28.5 Å². The summed E-state index contributed by atoms with van der Waals surface area (Å²) in [6.07, 6.45) is 1.33. The van der Waals surface area contributed by atoms with E-state index in [4.69, 9.17) is 0 Å². The van der Waals surface area contributed by atoms with Crippen molar-refractivity contribution < 1.29 is 4.92 Å². The normalized spacial score (nSPS) is 10.2. The smallest absolute Gasteiger partial charge is 0.353 e. The van der Waals surface area contributed by atoms with Gasteiger partial charge in [0.05, 0.1) is 4.92 Å². The van der Waals surface area contributed by atoms with E-state index in [2.05, 4.69) is 15.3 Å². The van der Waals surface area contributed by atoms with Gasteiger partial charge < -0.3 is 10.2 Å². The largest absolute Gasteiger partial charge is 0.367 e. The van der Waals surface area contributed by atoms with Gasteiger partial charge in [-0.25, -0.2) is 9.97 Å². The predicted octanol–water partition coefficient (Wildman–Crippen LogP) is 2.89. The summed E-state index contributed by atoms with van der Waals surface area (Å²) >= 11 is 0. The quantitative estimate of drug-likeness (QED) is 0.672. The van der Waals surface area contributed by atoms with Gasteiger partial charge in [0.25, 0.3) is 0 Å². The van der Waals surface area contributed by atoms with Gasteiger partial charge in [-0.2, -0.15) is 0 Å². The summed E-state index contributed by atoms with van der Waals surface area (Å²) in [6.45, 7) is 4.45. The fourth-order valence-corrected chi connectivity index (χ4v) is 2.22. The van der Waals surface area contributed by atoms with E-state index in [1.165, 1.54) is 6.33 Å². The molecule has 1 aromatic heterocycles. The third-order valence-electron chi connectivity index (χ3n) is 3.20. The lowest BCUT2D eigenvalue weighted by atomic mass is 10.1. The molecule has 0 aliphatic heterocycles. The molecule has 0 saturated carbocycles. The first-order valence-corrected chi connectivity index (χ1v) is 6.60. The van der Waals surface area contributed by atoms with Gasteiger partial charge in [0.2, 0.25) is 11.6 Å². The van der Waals surface area contributed by atoms with Crippen LogP contribution in [0.1, 0.15) is 12.5 Å². The molecule has 0 atom stereocenters. The van der Waals surface area contributed by atoms with E-state index < -0.39 is 4.92 Å². The highest BCUT2D eigenvalue weighted by Crippen LogP contribution is 2.36. The lowest BCUT2D eigenvalue weighted by Gasteiger charge is -2.23. The van der Waals surface area contributed by atoms with Crippen molar-refractivity contribution in [1.82, 2.24) is 9.97 Å². The minimum atomic E-state index is -0.456. The third-order valence-corrected chi connectivity index (χ3v) is 3.20. The molecule has 0 spiro atoms. The van der Waals surface area contributed by atoms with Crippen molar-refractivity contribution in [2.75, 3.05) is 23.8 Å². The summed E-state index contributed by atoms with van der Waals surface area (Å²) in [6, 6.07) is 7.71. The van der Waals surface area contributed by atoms with Crippen LogP contribution < -0.4 is 10.2 Å². The number of para-hydroxylation sites is 1. The summed E-state index contributed by atoms with van der Waals surface area (Å²) in [5.74, 6) is 0.494. The number of nitrogens with zero attached hydrogens (tertiary/aromatic N) is 4. The molecule has 0 amide bonds. The molecular formula is C14H17N5O2. The second-order valence-corrected chi connectivity index (χ2v) is 4.43. The van der Waals surface area contributed by atoms with Crippen LogP contribution >= 0.6 is 0 Å². The van der Waals surface area contributed by atoms with Crippen LogP contribution in [0.15, 0.2) is 30.6 Å². The monoisotopic (exact) mass is 287 g/mol. The summed E-state index contributed by atoms with van der Waals surface area (Å²) in [5.41, 5.74) is 1.80. The van der Waals surface area contributed by atoms with Gasteiger partial charge >= 0.3 is 5.69 Å². The molecule has 0 bridgehead atoms. The SMILES string of the molecule is CCN(c1ccccc1C)c1ncnc(NC)c1[N+](=O)[O-]. The van der Waals surface area contributed by atoms with E-state index in [-0.39, 0.29) is 17.3 Å². The molecule has 21 heavy (non-hydrogen) atoms.